The van der Waals surface area contributed by atoms with Crippen molar-refractivity contribution in [3.05, 3.63) is 155 Å². The summed E-state index contributed by atoms with van der Waals surface area (Å²) in [6, 6.07) is 37.8. The quantitative estimate of drug-likeness (QED) is 0.0907. The lowest BCUT2D eigenvalue weighted by atomic mass is 10.00. The van der Waals surface area contributed by atoms with Crippen LogP contribution >= 0.6 is 0 Å². The van der Waals surface area contributed by atoms with Crippen LogP contribution in [0.5, 0.6) is 0 Å². The largest absolute Gasteiger partial charge is 0.399 e. The molecule has 1 aliphatic rings. The number of rotatable bonds is 8. The van der Waals surface area contributed by atoms with Crippen molar-refractivity contribution in [1.29, 1.82) is 0 Å². The first-order valence-electron chi connectivity index (χ1n) is 15.3. The normalized spacial score (nSPS) is 14.4. The molecule has 6 nitrogen and oxygen atoms in total. The van der Waals surface area contributed by atoms with Crippen molar-refractivity contribution in [2.45, 2.75) is 25.3 Å². The van der Waals surface area contributed by atoms with Crippen LogP contribution in [-0.2, 0) is 12.8 Å². The van der Waals surface area contributed by atoms with Gasteiger partial charge in [-0.1, -0.05) is 42.5 Å². The fourth-order valence-electron chi connectivity index (χ4n) is 5.79. The Balaban J connectivity index is 0.999. The van der Waals surface area contributed by atoms with Crippen molar-refractivity contribution in [3.8, 4) is 0 Å². The number of hydrogen-bond donors (Lipinski definition) is 5. The van der Waals surface area contributed by atoms with Crippen LogP contribution in [0.1, 0.15) is 28.7 Å². The molecule has 0 bridgehead atoms. The zero-order valence-electron chi connectivity index (χ0n) is 25.0. The summed E-state index contributed by atoms with van der Waals surface area (Å²) >= 11 is 0. The first-order valence-corrected chi connectivity index (χ1v) is 15.3. The predicted octanol–water partition coefficient (Wildman–Crippen LogP) is 8.06. The number of nitrogen functional groups attached to an aromatic ring is 2. The van der Waals surface area contributed by atoms with Gasteiger partial charge >= 0.3 is 0 Å². The molecule has 1 unspecified atom stereocenters. The Labute approximate surface area is 263 Å². The molecule has 7 rings (SSSR count). The van der Waals surface area contributed by atoms with Crippen LogP contribution < -0.4 is 27.8 Å². The Bertz CT molecular complexity index is 2060. The molecule has 0 aliphatic heterocycles. The molecule has 0 saturated carbocycles. The third kappa shape index (κ3) is 6.66. The summed E-state index contributed by atoms with van der Waals surface area (Å²) < 4.78 is 0. The highest BCUT2D eigenvalue weighted by atomic mass is 14.9. The maximum Gasteiger partial charge on any atom is 0.0711 e. The van der Waals surface area contributed by atoms with Gasteiger partial charge in [0.2, 0.25) is 0 Å². The van der Waals surface area contributed by atoms with Crippen molar-refractivity contribution in [3.63, 3.8) is 0 Å². The topological polar surface area (TPSA) is 115 Å². The van der Waals surface area contributed by atoms with Gasteiger partial charge in [0.05, 0.1) is 11.0 Å². The Hall–Kier alpha value is -5.59. The standard InChI is InChI=1S/C39H36N6/c40-31-6-13-35(14-7-31)43-33-9-1-25(2-10-33)19-26-3-11-34(12-4-26)44-36-15-16-37(42)28(24-36)20-27-5-17-38-29(21-27)22-30-23-32(41)8-18-39(30)45-38/h1-6,8-18,21-24,31,43-44H,7,19-20,40-42H2. The van der Waals surface area contributed by atoms with E-state index in [0.717, 1.165) is 80.8 Å². The van der Waals surface area contributed by atoms with E-state index >= 15 is 0 Å². The smallest absolute Gasteiger partial charge is 0.0711 e. The Kier molecular flexibility index (Phi) is 7.64. The number of nitrogens with zero attached hydrogens (tertiary/aromatic N) is 1. The van der Waals surface area contributed by atoms with E-state index in [-0.39, 0.29) is 6.04 Å². The minimum atomic E-state index is 0.117. The molecule has 45 heavy (non-hydrogen) atoms. The molecule has 0 saturated heterocycles. The van der Waals surface area contributed by atoms with Gasteiger partial charge in [0.15, 0.2) is 0 Å². The van der Waals surface area contributed by atoms with E-state index in [1.807, 2.05) is 42.5 Å². The van der Waals surface area contributed by atoms with E-state index in [1.54, 1.807) is 0 Å². The molecule has 8 N–H and O–H groups in total. The lowest BCUT2D eigenvalue weighted by molar-refractivity contribution is 0.819. The molecule has 0 amide bonds. The van der Waals surface area contributed by atoms with Gasteiger partial charge in [0, 0.05) is 50.9 Å². The Morgan fingerprint density at radius 2 is 1.27 bits per heavy atom. The van der Waals surface area contributed by atoms with Crippen LogP contribution in [0.4, 0.5) is 28.4 Å². The maximum absolute atomic E-state index is 6.42. The number of fused-ring (bicyclic) bond motifs is 2. The second-order valence-electron chi connectivity index (χ2n) is 11.8. The minimum Gasteiger partial charge on any atom is -0.399 e. The second kappa shape index (κ2) is 12.2. The van der Waals surface area contributed by atoms with Gasteiger partial charge in [-0.3, -0.25) is 0 Å². The molecule has 222 valence electrons. The van der Waals surface area contributed by atoms with Crippen molar-refractivity contribution < 1.29 is 0 Å². The van der Waals surface area contributed by atoms with Gasteiger partial charge in [-0.15, -0.1) is 0 Å². The third-order valence-electron chi connectivity index (χ3n) is 8.26. The summed E-state index contributed by atoms with van der Waals surface area (Å²) in [4.78, 5) is 4.80. The maximum atomic E-state index is 6.42. The first kappa shape index (κ1) is 28.2. The van der Waals surface area contributed by atoms with Crippen molar-refractivity contribution >= 4 is 50.2 Å². The van der Waals surface area contributed by atoms with E-state index in [9.17, 15) is 0 Å². The van der Waals surface area contributed by atoms with Gasteiger partial charge in [-0.25, -0.2) is 4.98 Å². The van der Waals surface area contributed by atoms with Crippen molar-refractivity contribution in [2.75, 3.05) is 22.1 Å². The Morgan fingerprint density at radius 1 is 0.622 bits per heavy atom. The predicted molar refractivity (Wildman–Crippen MR) is 190 cm³/mol. The van der Waals surface area contributed by atoms with Gasteiger partial charge in [-0.05, 0) is 126 Å². The molecule has 0 spiro atoms. The summed E-state index contributed by atoms with van der Waals surface area (Å²) in [6.07, 6.45) is 8.67. The van der Waals surface area contributed by atoms with E-state index < -0.39 is 0 Å². The lowest BCUT2D eigenvalue weighted by Gasteiger charge is -2.14. The number of nitrogens with two attached hydrogens (primary N) is 3. The molecule has 1 aromatic heterocycles. The summed E-state index contributed by atoms with van der Waals surface area (Å²) in [5.74, 6) is 0. The molecule has 1 heterocycles. The molecule has 6 aromatic rings. The highest BCUT2D eigenvalue weighted by Gasteiger charge is 2.08. The number of pyridine rings is 1. The monoisotopic (exact) mass is 588 g/mol. The fourth-order valence-corrected chi connectivity index (χ4v) is 5.79. The van der Waals surface area contributed by atoms with Gasteiger partial charge in [0.25, 0.3) is 0 Å². The highest BCUT2D eigenvalue weighted by molar-refractivity contribution is 5.94. The van der Waals surface area contributed by atoms with Gasteiger partial charge in [0.1, 0.15) is 0 Å². The minimum absolute atomic E-state index is 0.117. The van der Waals surface area contributed by atoms with Gasteiger partial charge < -0.3 is 27.8 Å². The first-order chi connectivity index (χ1) is 21.9. The van der Waals surface area contributed by atoms with E-state index in [1.165, 1.54) is 16.7 Å². The van der Waals surface area contributed by atoms with Crippen molar-refractivity contribution in [1.82, 2.24) is 4.98 Å². The summed E-state index contributed by atoms with van der Waals surface area (Å²) in [5.41, 5.74) is 30.7. The molecule has 6 heteroatoms. The van der Waals surface area contributed by atoms with Gasteiger partial charge in [-0.2, -0.15) is 0 Å². The number of allylic oxidation sites excluding steroid dienone is 1. The zero-order valence-corrected chi connectivity index (χ0v) is 25.0. The molecule has 1 atom stereocenters. The number of benzene rings is 5. The molecular formula is C39H36N6. The van der Waals surface area contributed by atoms with E-state index in [2.05, 4.69) is 95.6 Å². The van der Waals surface area contributed by atoms with Crippen LogP contribution in [0.25, 0.3) is 21.8 Å². The zero-order chi connectivity index (χ0) is 30.8. The average Bonchev–Trinajstić information content (AvgIpc) is 3.04. The number of nitrogens with one attached hydrogen (secondary N) is 2. The number of aromatic nitrogens is 1. The molecule has 1 aliphatic carbocycles. The summed E-state index contributed by atoms with van der Waals surface area (Å²) in [6.45, 7) is 0. The Morgan fingerprint density at radius 3 is 1.98 bits per heavy atom. The highest BCUT2D eigenvalue weighted by Crippen LogP contribution is 2.27. The lowest BCUT2D eigenvalue weighted by Crippen LogP contribution is -2.18. The second-order valence-corrected chi connectivity index (χ2v) is 11.8. The summed E-state index contributed by atoms with van der Waals surface area (Å²) in [5, 5.41) is 9.13. The fraction of sp³-hybridized carbons (Fsp3) is 0.103. The third-order valence-corrected chi connectivity index (χ3v) is 8.26. The molecular weight excluding hydrogens is 552 g/mol. The molecule has 0 radical (unpaired) electrons. The van der Waals surface area contributed by atoms with Crippen LogP contribution in [0.2, 0.25) is 0 Å². The number of anilines is 5. The SMILES string of the molecule is Nc1ccc2nc3ccc(Cc4cc(Nc5ccc(Cc6ccc(NC7=CCC(N)C=C7)cc6)cc5)ccc4N)cc3cc2c1. The van der Waals surface area contributed by atoms with Crippen LogP contribution in [0, 0.1) is 0 Å². The van der Waals surface area contributed by atoms with Crippen LogP contribution in [0.15, 0.2) is 133 Å². The summed E-state index contributed by atoms with van der Waals surface area (Å²) in [7, 11) is 0. The molecule has 5 aromatic carbocycles. The van der Waals surface area contributed by atoms with Crippen LogP contribution in [0.3, 0.4) is 0 Å². The number of hydrogen-bond acceptors (Lipinski definition) is 6. The average molecular weight is 589 g/mol. The van der Waals surface area contributed by atoms with E-state index in [0.29, 0.717) is 0 Å². The van der Waals surface area contributed by atoms with Crippen LogP contribution in [-0.4, -0.2) is 11.0 Å². The van der Waals surface area contributed by atoms with E-state index in [4.69, 9.17) is 22.2 Å². The molecule has 0 fully saturated rings. The van der Waals surface area contributed by atoms with Crippen molar-refractivity contribution in [2.24, 2.45) is 5.73 Å².